The Labute approximate surface area is 203 Å². The largest absolute Gasteiger partial charge is 0.488 e. The highest BCUT2D eigenvalue weighted by Gasteiger charge is 2.24. The Bertz CT molecular complexity index is 1190. The van der Waals surface area contributed by atoms with Crippen molar-refractivity contribution < 1.29 is 18.7 Å². The van der Waals surface area contributed by atoms with Crippen molar-refractivity contribution in [3.05, 3.63) is 54.1 Å². The first-order chi connectivity index (χ1) is 17.1. The number of nitrogens with one attached hydrogen (secondary N) is 2. The van der Waals surface area contributed by atoms with E-state index >= 15 is 0 Å². The molecule has 8 nitrogen and oxygen atoms in total. The van der Waals surface area contributed by atoms with Gasteiger partial charge in [0.1, 0.15) is 17.1 Å². The molecule has 0 spiro atoms. The molecule has 1 saturated heterocycles. The van der Waals surface area contributed by atoms with Gasteiger partial charge in [0.05, 0.1) is 30.4 Å². The van der Waals surface area contributed by atoms with E-state index in [4.69, 9.17) is 9.47 Å². The molecule has 2 aliphatic rings. The number of carbonyl (C=O) groups excluding carboxylic acids is 1. The first kappa shape index (κ1) is 23.3. The fraction of sp³-hybridized carbons (Fsp3) is 0.423. The smallest absolute Gasteiger partial charge is 0.254 e. The molecule has 0 radical (unpaired) electrons. The molecule has 9 heteroatoms. The molecular weight excluding hydrogens is 449 g/mol. The van der Waals surface area contributed by atoms with Crippen molar-refractivity contribution in [1.29, 1.82) is 0 Å². The maximum absolute atomic E-state index is 14.0. The molecule has 2 fully saturated rings. The number of aromatic nitrogens is 2. The molecule has 0 bridgehead atoms. The number of hydrogen-bond acceptors (Lipinski definition) is 7. The molecule has 2 N–H and O–H groups in total. The first-order valence-electron chi connectivity index (χ1n) is 12.1. The van der Waals surface area contributed by atoms with Gasteiger partial charge in [-0.05, 0) is 49.9 Å². The highest BCUT2D eigenvalue weighted by atomic mass is 19.1. The monoisotopic (exact) mass is 479 g/mol. The number of hydrogen-bond donors (Lipinski definition) is 2. The zero-order chi connectivity index (χ0) is 24.2. The lowest BCUT2D eigenvalue weighted by molar-refractivity contribution is 0.0959. The van der Waals surface area contributed by atoms with Crippen LogP contribution >= 0.6 is 0 Å². The summed E-state index contributed by atoms with van der Waals surface area (Å²) in [5.74, 6) is -0.193. The summed E-state index contributed by atoms with van der Waals surface area (Å²) in [6.07, 6.45) is 7.05. The molecular formula is C26H30FN5O3. The molecule has 1 aliphatic carbocycles. The highest BCUT2D eigenvalue weighted by Crippen LogP contribution is 2.33. The number of halogens is 1. The number of nitrogens with zero attached hydrogens (tertiary/aromatic N) is 3. The minimum atomic E-state index is -0.526. The van der Waals surface area contributed by atoms with Crippen LogP contribution in [0.2, 0.25) is 0 Å². The standard InChI is InChI=1S/C26H30FN5O3/c1-28-26(33)21-14-18(4-7-22(21)27)31-17-2-5-20(6-3-17)35-24-16-19(32-10-12-34-13-11-32)15-23-25(24)30-9-8-29-23/h4,7-9,14-17,20,31H,2-3,5-6,10-13H2,1H3,(H,28,33)/t17-,20+. The predicted molar refractivity (Wildman–Crippen MR) is 133 cm³/mol. The van der Waals surface area contributed by atoms with Crippen molar-refractivity contribution in [3.63, 3.8) is 0 Å². The van der Waals surface area contributed by atoms with Crippen LogP contribution in [0.25, 0.3) is 11.0 Å². The van der Waals surface area contributed by atoms with Crippen LogP contribution in [0.1, 0.15) is 36.0 Å². The van der Waals surface area contributed by atoms with Gasteiger partial charge in [-0.2, -0.15) is 0 Å². The third-order valence-electron chi connectivity index (χ3n) is 6.68. The molecule has 184 valence electrons. The molecule has 0 atom stereocenters. The maximum Gasteiger partial charge on any atom is 0.254 e. The second-order valence-corrected chi connectivity index (χ2v) is 8.98. The van der Waals surface area contributed by atoms with Gasteiger partial charge in [0.2, 0.25) is 0 Å². The topological polar surface area (TPSA) is 88.6 Å². The van der Waals surface area contributed by atoms with E-state index in [0.717, 1.165) is 66.9 Å². The second kappa shape index (κ2) is 10.4. The van der Waals surface area contributed by atoms with Gasteiger partial charge in [0.25, 0.3) is 5.91 Å². The van der Waals surface area contributed by atoms with Crippen molar-refractivity contribution in [1.82, 2.24) is 15.3 Å². The van der Waals surface area contributed by atoms with Crippen molar-refractivity contribution in [2.45, 2.75) is 37.8 Å². The molecule has 0 unspecified atom stereocenters. The van der Waals surface area contributed by atoms with Crippen LogP contribution in [0.3, 0.4) is 0 Å². The lowest BCUT2D eigenvalue weighted by atomic mass is 9.92. The average molecular weight is 480 g/mol. The van der Waals surface area contributed by atoms with E-state index in [9.17, 15) is 9.18 Å². The van der Waals surface area contributed by atoms with Gasteiger partial charge in [-0.1, -0.05) is 0 Å². The third kappa shape index (κ3) is 5.30. The molecule has 3 aromatic rings. The normalized spacial score (nSPS) is 20.5. The van der Waals surface area contributed by atoms with E-state index < -0.39 is 11.7 Å². The number of anilines is 2. The Balaban J connectivity index is 1.25. The van der Waals surface area contributed by atoms with Crippen molar-refractivity contribution in [2.75, 3.05) is 43.6 Å². The summed E-state index contributed by atoms with van der Waals surface area (Å²) < 4.78 is 26.0. The van der Waals surface area contributed by atoms with Crippen LogP contribution in [0.15, 0.2) is 42.7 Å². The zero-order valence-electron chi connectivity index (χ0n) is 19.8. The minimum absolute atomic E-state index is 0.0441. The third-order valence-corrected chi connectivity index (χ3v) is 6.68. The lowest BCUT2D eigenvalue weighted by Crippen LogP contribution is -2.36. The Morgan fingerprint density at radius 3 is 2.63 bits per heavy atom. The molecule has 1 amide bonds. The Kier molecular flexibility index (Phi) is 6.94. The van der Waals surface area contributed by atoms with Gasteiger partial charge in [-0.15, -0.1) is 0 Å². The van der Waals surface area contributed by atoms with E-state index in [1.54, 1.807) is 24.5 Å². The number of benzene rings is 2. The Hall–Kier alpha value is -3.46. The maximum atomic E-state index is 14.0. The van der Waals surface area contributed by atoms with Crippen LogP contribution in [-0.2, 0) is 4.74 Å². The summed E-state index contributed by atoms with van der Waals surface area (Å²) >= 11 is 0. The Morgan fingerprint density at radius 2 is 1.86 bits per heavy atom. The van der Waals surface area contributed by atoms with Gasteiger partial charge in [0, 0.05) is 56.0 Å². The summed E-state index contributed by atoms with van der Waals surface area (Å²) in [4.78, 5) is 23.2. The van der Waals surface area contributed by atoms with Crippen LogP contribution < -0.4 is 20.3 Å². The summed E-state index contributed by atoms with van der Waals surface area (Å²) in [7, 11) is 1.49. The molecule has 2 aromatic carbocycles. The quantitative estimate of drug-likeness (QED) is 0.556. The molecule has 1 aromatic heterocycles. The number of fused-ring (bicyclic) bond motifs is 1. The van der Waals surface area contributed by atoms with Crippen LogP contribution in [-0.4, -0.2) is 61.4 Å². The minimum Gasteiger partial charge on any atom is -0.488 e. The fourth-order valence-corrected chi connectivity index (χ4v) is 4.79. The molecule has 2 heterocycles. The number of ether oxygens (including phenoxy) is 2. The first-order valence-corrected chi connectivity index (χ1v) is 12.1. The van der Waals surface area contributed by atoms with Crippen LogP contribution in [0.4, 0.5) is 15.8 Å². The van der Waals surface area contributed by atoms with Gasteiger partial charge in [0.15, 0.2) is 0 Å². The van der Waals surface area contributed by atoms with E-state index in [1.165, 1.54) is 13.1 Å². The zero-order valence-corrected chi connectivity index (χ0v) is 19.8. The van der Waals surface area contributed by atoms with Gasteiger partial charge < -0.3 is 25.0 Å². The fourth-order valence-electron chi connectivity index (χ4n) is 4.79. The predicted octanol–water partition coefficient (Wildman–Crippen LogP) is 3.77. The Morgan fingerprint density at radius 1 is 1.09 bits per heavy atom. The second-order valence-electron chi connectivity index (χ2n) is 8.98. The van der Waals surface area contributed by atoms with E-state index in [-0.39, 0.29) is 17.7 Å². The van der Waals surface area contributed by atoms with Gasteiger partial charge in [-0.3, -0.25) is 9.78 Å². The summed E-state index contributed by atoms with van der Waals surface area (Å²) in [6, 6.07) is 8.94. The van der Waals surface area contributed by atoms with Crippen molar-refractivity contribution in [2.24, 2.45) is 0 Å². The van der Waals surface area contributed by atoms with E-state index in [1.807, 2.05) is 0 Å². The number of rotatable bonds is 6. The average Bonchev–Trinajstić information content (AvgIpc) is 2.91. The number of amides is 1. The summed E-state index contributed by atoms with van der Waals surface area (Å²) in [5, 5.41) is 5.93. The summed E-state index contributed by atoms with van der Waals surface area (Å²) in [5.41, 5.74) is 3.47. The number of carbonyl (C=O) groups is 1. The molecule has 35 heavy (non-hydrogen) atoms. The molecule has 5 rings (SSSR count). The van der Waals surface area contributed by atoms with Crippen molar-refractivity contribution in [3.8, 4) is 5.75 Å². The molecule has 1 saturated carbocycles. The lowest BCUT2D eigenvalue weighted by Gasteiger charge is -2.32. The number of morpholine rings is 1. The van der Waals surface area contributed by atoms with Gasteiger partial charge >= 0.3 is 0 Å². The summed E-state index contributed by atoms with van der Waals surface area (Å²) in [6.45, 7) is 3.11. The molecule has 1 aliphatic heterocycles. The van der Waals surface area contributed by atoms with Gasteiger partial charge in [-0.25, -0.2) is 9.37 Å². The van der Waals surface area contributed by atoms with E-state index in [2.05, 4.69) is 37.6 Å². The van der Waals surface area contributed by atoms with Crippen LogP contribution in [0, 0.1) is 5.82 Å². The highest BCUT2D eigenvalue weighted by molar-refractivity contribution is 5.95. The van der Waals surface area contributed by atoms with Crippen molar-refractivity contribution >= 4 is 28.3 Å². The van der Waals surface area contributed by atoms with Crippen LogP contribution in [0.5, 0.6) is 5.75 Å². The van der Waals surface area contributed by atoms with E-state index in [0.29, 0.717) is 13.2 Å². The SMILES string of the molecule is CNC(=O)c1cc(N[C@H]2CC[C@@H](Oc3cc(N4CCOCC4)cc4nccnc34)CC2)ccc1F.